The number of aromatic nitrogens is 1. The Morgan fingerprint density at radius 3 is 2.71 bits per heavy atom. The predicted molar refractivity (Wildman–Crippen MR) is 83.1 cm³/mol. The van der Waals surface area contributed by atoms with Crippen LogP contribution in [-0.4, -0.2) is 29.9 Å². The van der Waals surface area contributed by atoms with Gasteiger partial charge in [-0.25, -0.2) is 0 Å². The van der Waals surface area contributed by atoms with E-state index in [0.717, 1.165) is 17.3 Å². The van der Waals surface area contributed by atoms with Gasteiger partial charge in [0.25, 0.3) is 0 Å². The number of para-hydroxylation sites is 1. The Balaban J connectivity index is 2.33. The Morgan fingerprint density at radius 1 is 1.24 bits per heavy atom. The normalized spacial score (nSPS) is 10.4. The topological polar surface area (TPSA) is 62.3 Å². The SMILES string of the molecule is CCCNC(=O)CN(C(C)=O)c1cccc2cccnc12. The molecule has 2 amide bonds. The number of benzene rings is 1. The van der Waals surface area contributed by atoms with Gasteiger partial charge in [-0.2, -0.15) is 0 Å². The average Bonchev–Trinajstić information content (AvgIpc) is 2.50. The van der Waals surface area contributed by atoms with E-state index in [0.29, 0.717) is 12.2 Å². The van der Waals surface area contributed by atoms with Crippen molar-refractivity contribution in [3.05, 3.63) is 36.5 Å². The summed E-state index contributed by atoms with van der Waals surface area (Å²) in [6.45, 7) is 4.05. The van der Waals surface area contributed by atoms with Gasteiger partial charge in [-0.3, -0.25) is 14.6 Å². The fourth-order valence-corrected chi connectivity index (χ4v) is 2.14. The molecule has 1 aromatic heterocycles. The number of fused-ring (bicyclic) bond motifs is 1. The van der Waals surface area contributed by atoms with Crippen molar-refractivity contribution < 1.29 is 9.59 Å². The van der Waals surface area contributed by atoms with Crippen molar-refractivity contribution in [1.82, 2.24) is 10.3 Å². The van der Waals surface area contributed by atoms with Gasteiger partial charge in [0, 0.05) is 25.1 Å². The number of pyridine rings is 1. The first-order chi connectivity index (χ1) is 10.1. The van der Waals surface area contributed by atoms with E-state index in [1.54, 1.807) is 6.20 Å². The molecule has 0 saturated carbocycles. The number of hydrogen-bond acceptors (Lipinski definition) is 3. The lowest BCUT2D eigenvalue weighted by Gasteiger charge is -2.21. The second-order valence-corrected chi connectivity index (χ2v) is 4.81. The molecule has 0 unspecified atom stereocenters. The van der Waals surface area contributed by atoms with E-state index in [-0.39, 0.29) is 18.4 Å². The molecular weight excluding hydrogens is 266 g/mol. The van der Waals surface area contributed by atoms with Crippen LogP contribution in [0.15, 0.2) is 36.5 Å². The zero-order valence-electron chi connectivity index (χ0n) is 12.3. The van der Waals surface area contributed by atoms with Crippen LogP contribution in [0.4, 0.5) is 5.69 Å². The highest BCUT2D eigenvalue weighted by Gasteiger charge is 2.18. The third-order valence-electron chi connectivity index (χ3n) is 3.16. The number of carbonyl (C=O) groups is 2. The Morgan fingerprint density at radius 2 is 2.00 bits per heavy atom. The third kappa shape index (κ3) is 3.56. The van der Waals surface area contributed by atoms with Crippen LogP contribution in [-0.2, 0) is 9.59 Å². The molecule has 21 heavy (non-hydrogen) atoms. The second kappa shape index (κ2) is 6.83. The van der Waals surface area contributed by atoms with Crippen LogP contribution < -0.4 is 10.2 Å². The van der Waals surface area contributed by atoms with Crippen LogP contribution in [0.25, 0.3) is 10.9 Å². The minimum atomic E-state index is -0.181. The molecule has 1 heterocycles. The van der Waals surface area contributed by atoms with Crippen molar-refractivity contribution in [2.45, 2.75) is 20.3 Å². The van der Waals surface area contributed by atoms with Gasteiger partial charge in [0.1, 0.15) is 6.54 Å². The number of anilines is 1. The average molecular weight is 285 g/mol. The summed E-state index contributed by atoms with van der Waals surface area (Å²) < 4.78 is 0. The Labute approximate surface area is 124 Å². The molecule has 0 atom stereocenters. The van der Waals surface area contributed by atoms with E-state index in [4.69, 9.17) is 0 Å². The molecule has 2 aromatic rings. The molecule has 5 nitrogen and oxygen atoms in total. The molecule has 0 aliphatic heterocycles. The van der Waals surface area contributed by atoms with Gasteiger partial charge in [0.15, 0.2) is 0 Å². The van der Waals surface area contributed by atoms with Crippen LogP contribution in [0.5, 0.6) is 0 Å². The molecule has 0 radical (unpaired) electrons. The van der Waals surface area contributed by atoms with Gasteiger partial charge in [0.05, 0.1) is 11.2 Å². The van der Waals surface area contributed by atoms with Crippen molar-refractivity contribution in [3.63, 3.8) is 0 Å². The third-order valence-corrected chi connectivity index (χ3v) is 3.16. The molecular formula is C16H19N3O2. The quantitative estimate of drug-likeness (QED) is 0.915. The van der Waals surface area contributed by atoms with E-state index >= 15 is 0 Å². The summed E-state index contributed by atoms with van der Waals surface area (Å²) in [7, 11) is 0. The first-order valence-electron chi connectivity index (χ1n) is 7.02. The molecule has 0 aliphatic rings. The Hall–Kier alpha value is -2.43. The smallest absolute Gasteiger partial charge is 0.240 e. The number of rotatable bonds is 5. The van der Waals surface area contributed by atoms with Crippen LogP contribution in [0.1, 0.15) is 20.3 Å². The lowest BCUT2D eigenvalue weighted by atomic mass is 10.1. The van der Waals surface area contributed by atoms with Gasteiger partial charge < -0.3 is 10.2 Å². The molecule has 0 aliphatic carbocycles. The number of carbonyl (C=O) groups excluding carboxylic acids is 2. The highest BCUT2D eigenvalue weighted by atomic mass is 16.2. The van der Waals surface area contributed by atoms with E-state index in [1.807, 2.05) is 37.3 Å². The van der Waals surface area contributed by atoms with Crippen molar-refractivity contribution in [3.8, 4) is 0 Å². The maximum atomic E-state index is 11.9. The van der Waals surface area contributed by atoms with Crippen molar-refractivity contribution in [2.24, 2.45) is 0 Å². The fraction of sp³-hybridized carbons (Fsp3) is 0.312. The summed E-state index contributed by atoms with van der Waals surface area (Å²) in [6.07, 6.45) is 2.54. The first kappa shape index (κ1) is 15.0. The van der Waals surface area contributed by atoms with Crippen LogP contribution in [0.3, 0.4) is 0 Å². The summed E-state index contributed by atoms with van der Waals surface area (Å²) in [5.41, 5.74) is 1.38. The molecule has 110 valence electrons. The Kier molecular flexibility index (Phi) is 4.87. The zero-order valence-corrected chi connectivity index (χ0v) is 12.3. The van der Waals surface area contributed by atoms with Gasteiger partial charge >= 0.3 is 0 Å². The molecule has 1 N–H and O–H groups in total. The number of nitrogens with one attached hydrogen (secondary N) is 1. The predicted octanol–water partition coefficient (Wildman–Crippen LogP) is 2.11. The highest BCUT2D eigenvalue weighted by Crippen LogP contribution is 2.24. The minimum absolute atomic E-state index is 0.00498. The van der Waals surface area contributed by atoms with E-state index in [1.165, 1.54) is 11.8 Å². The summed E-state index contributed by atoms with van der Waals surface area (Å²) in [5, 5.41) is 3.72. The van der Waals surface area contributed by atoms with Gasteiger partial charge in [0.2, 0.25) is 11.8 Å². The maximum Gasteiger partial charge on any atom is 0.240 e. The summed E-state index contributed by atoms with van der Waals surface area (Å²) in [6, 6.07) is 9.38. The summed E-state index contributed by atoms with van der Waals surface area (Å²) in [4.78, 5) is 29.6. The molecule has 0 spiro atoms. The van der Waals surface area contributed by atoms with Crippen LogP contribution in [0, 0.1) is 0 Å². The van der Waals surface area contributed by atoms with Crippen LogP contribution in [0.2, 0.25) is 0 Å². The van der Waals surface area contributed by atoms with Crippen molar-refractivity contribution >= 4 is 28.4 Å². The molecule has 0 saturated heterocycles. The minimum Gasteiger partial charge on any atom is -0.355 e. The lowest BCUT2D eigenvalue weighted by Crippen LogP contribution is -2.40. The molecule has 1 aromatic carbocycles. The summed E-state index contributed by atoms with van der Waals surface area (Å²) in [5.74, 6) is -0.347. The van der Waals surface area contributed by atoms with Gasteiger partial charge in [-0.15, -0.1) is 0 Å². The fourth-order valence-electron chi connectivity index (χ4n) is 2.14. The molecule has 0 fully saturated rings. The number of nitrogens with zero attached hydrogens (tertiary/aromatic N) is 2. The standard InChI is InChI=1S/C16H19N3O2/c1-3-9-17-15(21)11-19(12(2)20)14-8-4-6-13-7-5-10-18-16(13)14/h4-8,10H,3,9,11H2,1-2H3,(H,17,21). The second-order valence-electron chi connectivity index (χ2n) is 4.81. The van der Waals surface area contributed by atoms with Crippen LogP contribution >= 0.6 is 0 Å². The largest absolute Gasteiger partial charge is 0.355 e. The van der Waals surface area contributed by atoms with Gasteiger partial charge in [-0.05, 0) is 18.6 Å². The van der Waals surface area contributed by atoms with E-state index < -0.39 is 0 Å². The van der Waals surface area contributed by atoms with E-state index in [2.05, 4.69) is 10.3 Å². The molecule has 2 rings (SSSR count). The van der Waals surface area contributed by atoms with Crippen molar-refractivity contribution in [1.29, 1.82) is 0 Å². The Bertz CT molecular complexity index is 650. The lowest BCUT2D eigenvalue weighted by molar-refractivity contribution is -0.123. The highest BCUT2D eigenvalue weighted by molar-refractivity contribution is 6.04. The molecule has 0 bridgehead atoms. The molecule has 5 heteroatoms. The summed E-state index contributed by atoms with van der Waals surface area (Å²) >= 11 is 0. The monoisotopic (exact) mass is 285 g/mol. The maximum absolute atomic E-state index is 11.9. The number of amides is 2. The number of hydrogen-bond donors (Lipinski definition) is 1. The van der Waals surface area contributed by atoms with Crippen molar-refractivity contribution in [2.75, 3.05) is 18.0 Å². The first-order valence-corrected chi connectivity index (χ1v) is 7.02. The zero-order chi connectivity index (χ0) is 15.2. The van der Waals surface area contributed by atoms with Gasteiger partial charge in [-0.1, -0.05) is 25.1 Å². The van der Waals surface area contributed by atoms with E-state index in [9.17, 15) is 9.59 Å².